The molecule has 1 aromatic carbocycles. The molecule has 4 N–H and O–H groups in total. The Kier molecular flexibility index (Phi) is 7.84. The maximum absolute atomic E-state index is 12.1. The molecule has 0 aliphatic carbocycles. The Labute approximate surface area is 148 Å². The van der Waals surface area contributed by atoms with E-state index in [-0.39, 0.29) is 12.5 Å². The fraction of sp³-hybridized carbons (Fsp3) is 0.632. The lowest BCUT2D eigenvalue weighted by Crippen LogP contribution is -2.63. The Balaban J connectivity index is 1.67. The Morgan fingerprint density at radius 2 is 1.84 bits per heavy atom. The smallest absolute Gasteiger partial charge is 0.220 e. The fourth-order valence-corrected chi connectivity index (χ4v) is 3.20. The van der Waals surface area contributed by atoms with Crippen LogP contribution in [0.4, 0.5) is 0 Å². The van der Waals surface area contributed by atoms with Crippen LogP contribution in [-0.4, -0.2) is 58.3 Å². The van der Waals surface area contributed by atoms with E-state index in [4.69, 9.17) is 9.84 Å². The van der Waals surface area contributed by atoms with Crippen LogP contribution in [0.15, 0.2) is 30.3 Å². The summed E-state index contributed by atoms with van der Waals surface area (Å²) in [5.74, 6) is -0.158. The molecule has 1 heterocycles. The number of aliphatic hydroxyl groups is 3. The summed E-state index contributed by atoms with van der Waals surface area (Å²) in [6.07, 6.45) is 0.483. The fourth-order valence-electron chi connectivity index (χ4n) is 3.20. The highest BCUT2D eigenvalue weighted by molar-refractivity contribution is 5.76. The topological polar surface area (TPSA) is 99.0 Å². The predicted molar refractivity (Wildman–Crippen MR) is 94.0 cm³/mol. The van der Waals surface area contributed by atoms with Crippen LogP contribution in [0.5, 0.6) is 0 Å². The number of nitrogens with one attached hydrogen (secondary N) is 1. The quantitative estimate of drug-likeness (QED) is 0.519. The maximum Gasteiger partial charge on any atom is 0.220 e. The summed E-state index contributed by atoms with van der Waals surface area (Å²) in [6, 6.07) is 9.58. The molecule has 2 rings (SSSR count). The molecule has 0 radical (unpaired) electrons. The highest BCUT2D eigenvalue weighted by atomic mass is 16.5. The van der Waals surface area contributed by atoms with Gasteiger partial charge in [-0.1, -0.05) is 36.8 Å². The van der Waals surface area contributed by atoms with Crippen LogP contribution >= 0.6 is 0 Å². The maximum atomic E-state index is 12.1. The number of hydrogen-bond donors (Lipinski definition) is 4. The first kappa shape index (κ1) is 19.8. The van der Waals surface area contributed by atoms with Gasteiger partial charge >= 0.3 is 0 Å². The van der Waals surface area contributed by atoms with Gasteiger partial charge in [0.05, 0.1) is 18.8 Å². The van der Waals surface area contributed by atoms with E-state index in [1.165, 1.54) is 5.56 Å². The average molecular weight is 351 g/mol. The molecule has 1 amide bonds. The number of rotatable bonds is 8. The third-order valence-electron chi connectivity index (χ3n) is 4.71. The lowest BCUT2D eigenvalue weighted by molar-refractivity contribution is -0.190. The van der Waals surface area contributed by atoms with Gasteiger partial charge < -0.3 is 25.4 Å². The van der Waals surface area contributed by atoms with Gasteiger partial charge in [0, 0.05) is 6.42 Å². The van der Waals surface area contributed by atoms with Gasteiger partial charge in [0.25, 0.3) is 0 Å². The zero-order valence-corrected chi connectivity index (χ0v) is 14.7. The van der Waals surface area contributed by atoms with Crippen LogP contribution in [0, 0.1) is 0 Å². The average Bonchev–Trinajstić information content (AvgIpc) is 2.62. The first-order valence-electron chi connectivity index (χ1n) is 8.98. The summed E-state index contributed by atoms with van der Waals surface area (Å²) >= 11 is 0. The zero-order valence-electron chi connectivity index (χ0n) is 14.7. The number of hydrogen-bond acceptors (Lipinski definition) is 5. The molecule has 6 nitrogen and oxygen atoms in total. The molecule has 4 unspecified atom stereocenters. The number of amides is 1. The van der Waals surface area contributed by atoms with Crippen molar-refractivity contribution in [3.8, 4) is 0 Å². The van der Waals surface area contributed by atoms with Gasteiger partial charge in [-0.25, -0.2) is 0 Å². The van der Waals surface area contributed by atoms with Crippen molar-refractivity contribution in [2.75, 3.05) is 6.61 Å². The van der Waals surface area contributed by atoms with Crippen LogP contribution < -0.4 is 5.32 Å². The molecule has 5 atom stereocenters. The molecule has 1 saturated heterocycles. The molecule has 0 bridgehead atoms. The number of aliphatic hydroxyl groups excluding tert-OH is 3. The van der Waals surface area contributed by atoms with Gasteiger partial charge in [-0.05, 0) is 31.7 Å². The molecule has 25 heavy (non-hydrogen) atoms. The number of ether oxygens (including phenoxy) is 1. The zero-order chi connectivity index (χ0) is 18.2. The lowest BCUT2D eigenvalue weighted by Gasteiger charge is -2.41. The number of unbranched alkanes of at least 4 members (excludes halogenated alkanes) is 2. The predicted octanol–water partition coefficient (Wildman–Crippen LogP) is 0.776. The number of benzene rings is 1. The summed E-state index contributed by atoms with van der Waals surface area (Å²) in [5, 5.41) is 31.9. The highest BCUT2D eigenvalue weighted by Crippen LogP contribution is 2.21. The van der Waals surface area contributed by atoms with Gasteiger partial charge in [-0.2, -0.15) is 0 Å². The van der Waals surface area contributed by atoms with E-state index >= 15 is 0 Å². The van der Waals surface area contributed by atoms with E-state index in [9.17, 15) is 15.0 Å². The summed E-state index contributed by atoms with van der Waals surface area (Å²) in [5.41, 5.74) is 1.30. The van der Waals surface area contributed by atoms with Gasteiger partial charge in [0.2, 0.25) is 5.91 Å². The van der Waals surface area contributed by atoms with Gasteiger partial charge in [0.1, 0.15) is 18.3 Å². The molecule has 140 valence electrons. The van der Waals surface area contributed by atoms with Crippen LogP contribution in [-0.2, 0) is 16.0 Å². The Bertz CT molecular complexity index is 524. The summed E-state index contributed by atoms with van der Waals surface area (Å²) < 4.78 is 5.45. The standard InChI is InChI=1S/C19H29NO5/c1-13-17(19(24)18(23)15(12-21)25-13)20-16(22)11-7-3-6-10-14-8-4-2-5-9-14/h2,4-5,8-9,13,15,17-19,21,23-24H,3,6-7,10-12H2,1H3,(H,20,22)/t13?,15?,17?,18-,19?/m1/s1. The Morgan fingerprint density at radius 1 is 1.12 bits per heavy atom. The van der Waals surface area contributed by atoms with E-state index < -0.39 is 30.5 Å². The molecule has 6 heteroatoms. The van der Waals surface area contributed by atoms with Crippen LogP contribution in [0.1, 0.15) is 38.2 Å². The van der Waals surface area contributed by atoms with Crippen molar-refractivity contribution in [3.63, 3.8) is 0 Å². The molecule has 1 aliphatic rings. The Morgan fingerprint density at radius 3 is 2.52 bits per heavy atom. The number of aryl methyl sites for hydroxylation is 1. The summed E-state index contributed by atoms with van der Waals surface area (Å²) in [6.45, 7) is 1.34. The lowest BCUT2D eigenvalue weighted by atomic mass is 9.93. The van der Waals surface area contributed by atoms with Gasteiger partial charge in [-0.15, -0.1) is 0 Å². The molecule has 1 aliphatic heterocycles. The first-order valence-corrected chi connectivity index (χ1v) is 8.98. The molecule has 0 aromatic heterocycles. The second kappa shape index (κ2) is 9.87. The van der Waals surface area contributed by atoms with Crippen LogP contribution in [0.3, 0.4) is 0 Å². The van der Waals surface area contributed by atoms with E-state index in [1.54, 1.807) is 6.92 Å². The van der Waals surface area contributed by atoms with E-state index in [1.807, 2.05) is 18.2 Å². The van der Waals surface area contributed by atoms with E-state index in [2.05, 4.69) is 17.4 Å². The molecule has 0 spiro atoms. The van der Waals surface area contributed by atoms with Crippen molar-refractivity contribution in [1.29, 1.82) is 0 Å². The van der Waals surface area contributed by atoms with Gasteiger partial charge in [0.15, 0.2) is 0 Å². The van der Waals surface area contributed by atoms with Crippen molar-refractivity contribution in [3.05, 3.63) is 35.9 Å². The minimum atomic E-state index is -1.21. The summed E-state index contributed by atoms with van der Waals surface area (Å²) in [7, 11) is 0. The number of carbonyl (C=O) groups is 1. The van der Waals surface area contributed by atoms with E-state index in [0.717, 1.165) is 25.7 Å². The number of carbonyl (C=O) groups excluding carboxylic acids is 1. The molecule has 1 aromatic rings. The van der Waals surface area contributed by atoms with Crippen LogP contribution in [0.25, 0.3) is 0 Å². The molecule has 1 fully saturated rings. The monoisotopic (exact) mass is 351 g/mol. The minimum Gasteiger partial charge on any atom is -0.394 e. The van der Waals surface area contributed by atoms with E-state index in [0.29, 0.717) is 6.42 Å². The third kappa shape index (κ3) is 5.78. The van der Waals surface area contributed by atoms with Crippen molar-refractivity contribution in [2.45, 2.75) is 69.5 Å². The van der Waals surface area contributed by atoms with Crippen molar-refractivity contribution >= 4 is 5.91 Å². The minimum absolute atomic E-state index is 0.158. The normalized spacial score (nSPS) is 29.4. The van der Waals surface area contributed by atoms with Crippen molar-refractivity contribution < 1.29 is 24.9 Å². The second-order valence-electron chi connectivity index (χ2n) is 6.68. The molecular formula is C19H29NO5. The summed E-state index contributed by atoms with van der Waals surface area (Å²) in [4.78, 5) is 12.1. The second-order valence-corrected chi connectivity index (χ2v) is 6.68. The van der Waals surface area contributed by atoms with Crippen molar-refractivity contribution in [2.24, 2.45) is 0 Å². The largest absolute Gasteiger partial charge is 0.394 e. The van der Waals surface area contributed by atoms with Crippen LogP contribution in [0.2, 0.25) is 0 Å². The Hall–Kier alpha value is -1.47. The van der Waals surface area contributed by atoms with Crippen molar-refractivity contribution in [1.82, 2.24) is 5.32 Å². The third-order valence-corrected chi connectivity index (χ3v) is 4.71. The molecular weight excluding hydrogens is 322 g/mol. The SMILES string of the molecule is CC1OC(CO)[C@@H](O)C(O)C1NC(=O)CCCCCc1ccccc1. The molecule has 0 saturated carbocycles. The first-order chi connectivity index (χ1) is 12.0. The van der Waals surface area contributed by atoms with Gasteiger partial charge in [-0.3, -0.25) is 4.79 Å². The highest BCUT2D eigenvalue weighted by Gasteiger charge is 2.42.